The molecule has 2 rings (SSSR count). The number of amides is 2. The van der Waals surface area contributed by atoms with Crippen molar-refractivity contribution in [2.24, 2.45) is 5.92 Å². The first-order valence-corrected chi connectivity index (χ1v) is 8.68. The minimum absolute atomic E-state index is 0.102. The third-order valence-electron chi connectivity index (χ3n) is 2.52. The quantitative estimate of drug-likeness (QED) is 0.868. The standard InChI is InChI=1S/C11H16N4O3S2/c1-7(2)5-9-14-15-11(19-9)13-10(16)12-8-3-4-20(17,18)6-8/h3-4,7-8H,5-6H2,1-2H3,(H2,12,13,15,16)/t8-/m0/s1. The Morgan fingerprint density at radius 2 is 2.25 bits per heavy atom. The molecular weight excluding hydrogens is 300 g/mol. The van der Waals surface area contributed by atoms with E-state index >= 15 is 0 Å². The van der Waals surface area contributed by atoms with Gasteiger partial charge in [0.1, 0.15) is 5.01 Å². The first kappa shape index (κ1) is 14.9. The Labute approximate surface area is 121 Å². The van der Waals surface area contributed by atoms with E-state index < -0.39 is 21.9 Å². The van der Waals surface area contributed by atoms with Crippen molar-refractivity contribution >= 4 is 32.3 Å². The average molecular weight is 316 g/mol. The summed E-state index contributed by atoms with van der Waals surface area (Å²) in [5, 5.41) is 15.3. The van der Waals surface area contributed by atoms with Gasteiger partial charge >= 0.3 is 6.03 Å². The molecule has 1 aliphatic rings. The summed E-state index contributed by atoms with van der Waals surface area (Å²) < 4.78 is 22.4. The van der Waals surface area contributed by atoms with E-state index in [2.05, 4.69) is 34.7 Å². The van der Waals surface area contributed by atoms with Crippen LogP contribution in [0.1, 0.15) is 18.9 Å². The highest BCUT2D eigenvalue weighted by atomic mass is 32.2. The van der Waals surface area contributed by atoms with E-state index in [-0.39, 0.29) is 5.75 Å². The van der Waals surface area contributed by atoms with Crippen molar-refractivity contribution in [2.75, 3.05) is 11.1 Å². The van der Waals surface area contributed by atoms with Gasteiger partial charge in [0.15, 0.2) is 9.84 Å². The van der Waals surface area contributed by atoms with Crippen LogP contribution in [0.4, 0.5) is 9.93 Å². The van der Waals surface area contributed by atoms with Gasteiger partial charge in [0.2, 0.25) is 5.13 Å². The molecule has 2 heterocycles. The molecule has 110 valence electrons. The Morgan fingerprint density at radius 1 is 1.50 bits per heavy atom. The fourth-order valence-corrected chi connectivity index (χ4v) is 3.89. The van der Waals surface area contributed by atoms with Crippen LogP contribution >= 0.6 is 11.3 Å². The molecule has 1 aromatic rings. The second-order valence-electron chi connectivity index (χ2n) is 4.96. The average Bonchev–Trinajstić information content (AvgIpc) is 2.85. The zero-order valence-corrected chi connectivity index (χ0v) is 12.8. The topological polar surface area (TPSA) is 101 Å². The van der Waals surface area contributed by atoms with Crippen LogP contribution < -0.4 is 10.6 Å². The van der Waals surface area contributed by atoms with Crippen LogP contribution in [0.2, 0.25) is 0 Å². The summed E-state index contributed by atoms with van der Waals surface area (Å²) in [4.78, 5) is 11.7. The number of nitrogens with zero attached hydrogens (tertiary/aromatic N) is 2. The van der Waals surface area contributed by atoms with E-state index in [4.69, 9.17) is 0 Å². The SMILES string of the molecule is CC(C)Cc1nnc(NC(=O)N[C@H]2C=CS(=O)(=O)C2)s1. The molecular formula is C11H16N4O3S2. The van der Waals surface area contributed by atoms with E-state index in [9.17, 15) is 13.2 Å². The van der Waals surface area contributed by atoms with Gasteiger partial charge in [-0.25, -0.2) is 13.2 Å². The summed E-state index contributed by atoms with van der Waals surface area (Å²) in [6.07, 6.45) is 2.27. The Balaban J connectivity index is 1.86. The van der Waals surface area contributed by atoms with Crippen LogP contribution in [0.3, 0.4) is 0 Å². The molecule has 20 heavy (non-hydrogen) atoms. The van der Waals surface area contributed by atoms with Crippen LogP contribution in [-0.4, -0.2) is 36.4 Å². The number of urea groups is 1. The first-order valence-electron chi connectivity index (χ1n) is 6.15. The molecule has 0 bridgehead atoms. The molecule has 9 heteroatoms. The van der Waals surface area contributed by atoms with Crippen LogP contribution in [0, 0.1) is 5.92 Å². The number of nitrogens with one attached hydrogen (secondary N) is 2. The number of carbonyl (C=O) groups is 1. The van der Waals surface area contributed by atoms with Gasteiger partial charge in [-0.2, -0.15) is 0 Å². The highest BCUT2D eigenvalue weighted by Crippen LogP contribution is 2.18. The van der Waals surface area contributed by atoms with Crippen molar-refractivity contribution in [3.63, 3.8) is 0 Å². The van der Waals surface area contributed by atoms with Gasteiger partial charge in [-0.15, -0.1) is 10.2 Å². The van der Waals surface area contributed by atoms with Crippen molar-refractivity contribution in [3.05, 3.63) is 16.5 Å². The number of hydrogen-bond donors (Lipinski definition) is 2. The maximum atomic E-state index is 11.7. The van der Waals surface area contributed by atoms with Crippen molar-refractivity contribution < 1.29 is 13.2 Å². The summed E-state index contributed by atoms with van der Waals surface area (Å²) in [5.41, 5.74) is 0. The zero-order valence-electron chi connectivity index (χ0n) is 11.2. The molecule has 2 amide bonds. The summed E-state index contributed by atoms with van der Waals surface area (Å²) in [7, 11) is -3.17. The van der Waals surface area contributed by atoms with Crippen molar-refractivity contribution in [3.8, 4) is 0 Å². The van der Waals surface area contributed by atoms with Crippen LogP contribution in [0.15, 0.2) is 11.5 Å². The fourth-order valence-electron chi connectivity index (χ4n) is 1.70. The summed E-state index contributed by atoms with van der Waals surface area (Å²) in [6.45, 7) is 4.15. The Hall–Kier alpha value is -1.48. The predicted octanol–water partition coefficient (Wildman–Crippen LogP) is 1.17. The lowest BCUT2D eigenvalue weighted by Gasteiger charge is -2.09. The summed E-state index contributed by atoms with van der Waals surface area (Å²) in [6, 6.07) is -0.980. The second kappa shape index (κ2) is 5.88. The minimum Gasteiger partial charge on any atom is -0.331 e. The highest BCUT2D eigenvalue weighted by molar-refractivity contribution is 7.94. The van der Waals surface area contributed by atoms with E-state index in [0.717, 1.165) is 16.8 Å². The van der Waals surface area contributed by atoms with Crippen molar-refractivity contribution in [1.82, 2.24) is 15.5 Å². The molecule has 0 saturated heterocycles. The van der Waals surface area contributed by atoms with Crippen molar-refractivity contribution in [2.45, 2.75) is 26.3 Å². The Morgan fingerprint density at radius 3 is 2.85 bits per heavy atom. The monoisotopic (exact) mass is 316 g/mol. The molecule has 0 saturated carbocycles. The van der Waals surface area contributed by atoms with Crippen LogP contribution in [0.25, 0.3) is 0 Å². The molecule has 0 radical (unpaired) electrons. The van der Waals surface area contributed by atoms with Crippen LogP contribution in [0.5, 0.6) is 0 Å². The van der Waals surface area contributed by atoms with Gasteiger partial charge in [0.25, 0.3) is 0 Å². The van der Waals surface area contributed by atoms with E-state index in [1.165, 1.54) is 17.4 Å². The fraction of sp³-hybridized carbons (Fsp3) is 0.545. The lowest BCUT2D eigenvalue weighted by Crippen LogP contribution is -2.38. The van der Waals surface area contributed by atoms with E-state index in [0.29, 0.717) is 11.0 Å². The lowest BCUT2D eigenvalue weighted by atomic mass is 10.1. The van der Waals surface area contributed by atoms with Gasteiger partial charge in [-0.3, -0.25) is 5.32 Å². The normalized spacial score (nSPS) is 20.2. The van der Waals surface area contributed by atoms with Crippen LogP contribution in [-0.2, 0) is 16.3 Å². The molecule has 1 atom stereocenters. The molecule has 0 spiro atoms. The molecule has 0 aromatic carbocycles. The number of hydrogen-bond acceptors (Lipinski definition) is 6. The predicted molar refractivity (Wildman–Crippen MR) is 77.3 cm³/mol. The first-order chi connectivity index (χ1) is 9.34. The van der Waals surface area contributed by atoms with E-state index in [1.54, 1.807) is 0 Å². The van der Waals surface area contributed by atoms with E-state index in [1.807, 2.05) is 0 Å². The maximum Gasteiger partial charge on any atom is 0.321 e. The summed E-state index contributed by atoms with van der Waals surface area (Å²) >= 11 is 1.32. The van der Waals surface area contributed by atoms with Crippen molar-refractivity contribution in [1.29, 1.82) is 0 Å². The third kappa shape index (κ3) is 4.27. The molecule has 1 aliphatic heterocycles. The summed E-state index contributed by atoms with van der Waals surface area (Å²) in [5.74, 6) is 0.369. The molecule has 2 N–H and O–H groups in total. The number of anilines is 1. The third-order valence-corrected chi connectivity index (χ3v) is 4.77. The van der Waals surface area contributed by atoms with Gasteiger partial charge in [0.05, 0.1) is 11.8 Å². The molecule has 1 aromatic heterocycles. The van der Waals surface area contributed by atoms with Gasteiger partial charge in [-0.1, -0.05) is 25.2 Å². The number of rotatable bonds is 4. The van der Waals surface area contributed by atoms with Gasteiger partial charge in [-0.05, 0) is 12.0 Å². The Bertz CT molecular complexity index is 621. The van der Waals surface area contributed by atoms with Gasteiger partial charge < -0.3 is 5.32 Å². The number of aromatic nitrogens is 2. The molecule has 0 aliphatic carbocycles. The second-order valence-corrected chi connectivity index (χ2v) is 7.96. The molecule has 0 fully saturated rings. The Kier molecular flexibility index (Phi) is 4.39. The van der Waals surface area contributed by atoms with Gasteiger partial charge in [0, 0.05) is 11.8 Å². The largest absolute Gasteiger partial charge is 0.331 e. The smallest absolute Gasteiger partial charge is 0.321 e. The lowest BCUT2D eigenvalue weighted by molar-refractivity contribution is 0.251. The number of sulfone groups is 1. The maximum absolute atomic E-state index is 11.7. The molecule has 7 nitrogen and oxygen atoms in total. The molecule has 0 unspecified atom stereocenters. The minimum atomic E-state index is -3.17. The highest BCUT2D eigenvalue weighted by Gasteiger charge is 2.23. The zero-order chi connectivity index (χ0) is 14.8. The number of carbonyl (C=O) groups excluding carboxylic acids is 1.